The van der Waals surface area contributed by atoms with E-state index in [0.29, 0.717) is 11.6 Å². The number of carboxylic acid groups (broad SMARTS) is 1. The molecule has 1 unspecified atom stereocenters. The summed E-state index contributed by atoms with van der Waals surface area (Å²) in [4.78, 5) is 17.1. The lowest BCUT2D eigenvalue weighted by Gasteiger charge is -2.20. The molecule has 1 aliphatic heterocycles. The molecule has 6 heteroatoms. The highest BCUT2D eigenvalue weighted by Gasteiger charge is 2.25. The smallest absolute Gasteiger partial charge is 0.338 e. The van der Waals surface area contributed by atoms with Gasteiger partial charge in [0, 0.05) is 19.7 Å². The van der Waals surface area contributed by atoms with E-state index in [-0.39, 0.29) is 18.0 Å². The standard InChI is InChI=1S/C12H17N3O3/c13-11-5-9(12(17)18)10(6-14-11)15-3-1-8(7-15)2-4-16/h5-6,8,16H,1-4,7H2,(H2,13,14)(H,17,18). The Kier molecular flexibility index (Phi) is 3.66. The maximum atomic E-state index is 11.2. The maximum absolute atomic E-state index is 11.2. The molecule has 4 N–H and O–H groups in total. The third-order valence-electron chi connectivity index (χ3n) is 3.30. The molecule has 6 nitrogen and oxygen atoms in total. The van der Waals surface area contributed by atoms with Crippen LogP contribution in [0.2, 0.25) is 0 Å². The van der Waals surface area contributed by atoms with E-state index in [0.717, 1.165) is 25.9 Å². The number of hydrogen-bond donors (Lipinski definition) is 3. The van der Waals surface area contributed by atoms with Crippen molar-refractivity contribution in [3.8, 4) is 0 Å². The van der Waals surface area contributed by atoms with E-state index in [1.54, 1.807) is 0 Å². The SMILES string of the molecule is Nc1cc(C(=O)O)c(N2CCC(CCO)C2)cn1. The van der Waals surface area contributed by atoms with Crippen molar-refractivity contribution in [1.29, 1.82) is 0 Å². The van der Waals surface area contributed by atoms with Gasteiger partial charge in [0.25, 0.3) is 0 Å². The van der Waals surface area contributed by atoms with Crippen molar-refractivity contribution in [1.82, 2.24) is 4.98 Å². The van der Waals surface area contributed by atoms with E-state index >= 15 is 0 Å². The molecule has 0 aliphatic carbocycles. The summed E-state index contributed by atoms with van der Waals surface area (Å²) in [6.07, 6.45) is 3.23. The number of aliphatic hydroxyl groups is 1. The van der Waals surface area contributed by atoms with Gasteiger partial charge in [0.05, 0.1) is 17.4 Å². The Morgan fingerprint density at radius 3 is 3.06 bits per heavy atom. The molecule has 1 saturated heterocycles. The molecule has 2 heterocycles. The van der Waals surface area contributed by atoms with E-state index in [4.69, 9.17) is 15.9 Å². The highest BCUT2D eigenvalue weighted by atomic mass is 16.4. The zero-order valence-corrected chi connectivity index (χ0v) is 10.0. The Labute approximate surface area is 105 Å². The zero-order chi connectivity index (χ0) is 13.1. The van der Waals surface area contributed by atoms with E-state index in [2.05, 4.69) is 4.98 Å². The number of aromatic nitrogens is 1. The molecule has 0 spiro atoms. The van der Waals surface area contributed by atoms with E-state index in [9.17, 15) is 4.79 Å². The molecule has 0 aromatic carbocycles. The molecule has 1 atom stereocenters. The first-order chi connectivity index (χ1) is 8.61. The highest BCUT2D eigenvalue weighted by Crippen LogP contribution is 2.28. The molecule has 0 saturated carbocycles. The molecule has 0 bridgehead atoms. The minimum atomic E-state index is -0.996. The Hall–Kier alpha value is -1.82. The Balaban J connectivity index is 2.21. The van der Waals surface area contributed by atoms with Gasteiger partial charge in [0.1, 0.15) is 5.82 Å². The predicted octanol–water partition coefficient (Wildman–Crippen LogP) is 0.571. The molecule has 98 valence electrons. The fraction of sp³-hybridized carbons (Fsp3) is 0.500. The minimum absolute atomic E-state index is 0.171. The topological polar surface area (TPSA) is 99.7 Å². The molecule has 1 aromatic heterocycles. The van der Waals surface area contributed by atoms with Crippen LogP contribution in [0.1, 0.15) is 23.2 Å². The van der Waals surface area contributed by atoms with Crippen molar-refractivity contribution < 1.29 is 15.0 Å². The summed E-state index contributed by atoms with van der Waals surface area (Å²) in [6.45, 7) is 1.72. The quantitative estimate of drug-likeness (QED) is 0.723. The van der Waals surface area contributed by atoms with E-state index < -0.39 is 5.97 Å². The molecule has 1 aromatic rings. The Morgan fingerprint density at radius 1 is 1.61 bits per heavy atom. The first kappa shape index (κ1) is 12.6. The first-order valence-electron chi connectivity index (χ1n) is 5.96. The van der Waals surface area contributed by atoms with Crippen LogP contribution in [-0.4, -0.2) is 40.9 Å². The minimum Gasteiger partial charge on any atom is -0.478 e. The summed E-state index contributed by atoms with van der Waals surface area (Å²) in [5, 5.41) is 18.1. The average molecular weight is 251 g/mol. The summed E-state index contributed by atoms with van der Waals surface area (Å²) in [5.41, 5.74) is 6.31. The lowest BCUT2D eigenvalue weighted by atomic mass is 10.1. The number of hydrogen-bond acceptors (Lipinski definition) is 5. The number of anilines is 2. The average Bonchev–Trinajstić information content (AvgIpc) is 2.78. The van der Waals surface area contributed by atoms with E-state index in [1.165, 1.54) is 12.3 Å². The summed E-state index contributed by atoms with van der Waals surface area (Å²) in [6, 6.07) is 1.39. The van der Waals surface area contributed by atoms with Gasteiger partial charge in [-0.05, 0) is 24.8 Å². The molecule has 0 amide bonds. The Morgan fingerprint density at radius 2 is 2.39 bits per heavy atom. The molecule has 18 heavy (non-hydrogen) atoms. The van der Waals surface area contributed by atoms with E-state index in [1.807, 2.05) is 4.90 Å². The monoisotopic (exact) mass is 251 g/mol. The van der Waals surface area contributed by atoms with Crippen LogP contribution >= 0.6 is 0 Å². The second-order valence-electron chi connectivity index (χ2n) is 4.54. The first-order valence-corrected chi connectivity index (χ1v) is 5.96. The van der Waals surface area contributed by atoms with Crippen molar-refractivity contribution in [3.63, 3.8) is 0 Å². The normalized spacial score (nSPS) is 19.2. The second-order valence-corrected chi connectivity index (χ2v) is 4.54. The Bertz CT molecular complexity index is 450. The fourth-order valence-electron chi connectivity index (χ4n) is 2.36. The van der Waals surface area contributed by atoms with Gasteiger partial charge in [-0.15, -0.1) is 0 Å². The van der Waals surface area contributed by atoms with Gasteiger partial charge < -0.3 is 20.8 Å². The zero-order valence-electron chi connectivity index (χ0n) is 10.0. The van der Waals surface area contributed by atoms with Crippen LogP contribution < -0.4 is 10.6 Å². The maximum Gasteiger partial charge on any atom is 0.338 e. The number of pyridine rings is 1. The number of carbonyl (C=O) groups is 1. The molecule has 1 fully saturated rings. The fourth-order valence-corrected chi connectivity index (χ4v) is 2.36. The van der Waals surface area contributed by atoms with Gasteiger partial charge in [0.15, 0.2) is 0 Å². The number of carboxylic acids is 1. The van der Waals surface area contributed by atoms with Gasteiger partial charge in [-0.2, -0.15) is 0 Å². The van der Waals surface area contributed by atoms with Crippen LogP contribution in [0.4, 0.5) is 11.5 Å². The number of rotatable bonds is 4. The van der Waals surface area contributed by atoms with Crippen molar-refractivity contribution >= 4 is 17.5 Å². The van der Waals surface area contributed by atoms with Crippen LogP contribution in [-0.2, 0) is 0 Å². The summed E-state index contributed by atoms with van der Waals surface area (Å²) >= 11 is 0. The summed E-state index contributed by atoms with van der Waals surface area (Å²) in [7, 11) is 0. The second kappa shape index (κ2) is 5.22. The van der Waals surface area contributed by atoms with Crippen molar-refractivity contribution in [3.05, 3.63) is 17.8 Å². The van der Waals surface area contributed by atoms with Gasteiger partial charge in [-0.1, -0.05) is 0 Å². The lowest BCUT2D eigenvalue weighted by molar-refractivity contribution is 0.0697. The number of nitrogens with two attached hydrogens (primary N) is 1. The molecule has 0 radical (unpaired) electrons. The number of aliphatic hydroxyl groups excluding tert-OH is 1. The van der Waals surface area contributed by atoms with Gasteiger partial charge in [-0.3, -0.25) is 0 Å². The van der Waals surface area contributed by atoms with Crippen LogP contribution in [0.15, 0.2) is 12.3 Å². The third kappa shape index (κ3) is 2.53. The molecule has 2 rings (SSSR count). The summed E-state index contributed by atoms with van der Waals surface area (Å²) in [5.74, 6) is -0.374. The number of nitrogen functional groups attached to an aromatic ring is 1. The third-order valence-corrected chi connectivity index (χ3v) is 3.30. The largest absolute Gasteiger partial charge is 0.478 e. The summed E-state index contributed by atoms with van der Waals surface area (Å²) < 4.78 is 0. The molecular formula is C12H17N3O3. The van der Waals surface area contributed by atoms with Crippen molar-refractivity contribution in [2.24, 2.45) is 5.92 Å². The number of aromatic carboxylic acids is 1. The molecular weight excluding hydrogens is 234 g/mol. The highest BCUT2D eigenvalue weighted by molar-refractivity contribution is 5.95. The lowest BCUT2D eigenvalue weighted by Crippen LogP contribution is -2.23. The van der Waals surface area contributed by atoms with Gasteiger partial charge >= 0.3 is 5.97 Å². The van der Waals surface area contributed by atoms with Gasteiger partial charge in [-0.25, -0.2) is 9.78 Å². The van der Waals surface area contributed by atoms with Crippen molar-refractivity contribution in [2.75, 3.05) is 30.3 Å². The molecule has 1 aliphatic rings. The van der Waals surface area contributed by atoms with Crippen molar-refractivity contribution in [2.45, 2.75) is 12.8 Å². The predicted molar refractivity (Wildman–Crippen MR) is 67.6 cm³/mol. The number of nitrogens with zero attached hydrogens (tertiary/aromatic N) is 2. The van der Waals surface area contributed by atoms with Crippen LogP contribution in [0.5, 0.6) is 0 Å². The van der Waals surface area contributed by atoms with Crippen LogP contribution in [0.25, 0.3) is 0 Å². The van der Waals surface area contributed by atoms with Crippen LogP contribution in [0, 0.1) is 5.92 Å². The van der Waals surface area contributed by atoms with Gasteiger partial charge in [0.2, 0.25) is 0 Å². The van der Waals surface area contributed by atoms with Crippen LogP contribution in [0.3, 0.4) is 0 Å².